The number of carbonyl (C=O) groups is 1. The first-order valence-electron chi connectivity index (χ1n) is 6.48. The Kier molecular flexibility index (Phi) is 2.90. The molecule has 1 aliphatic carbocycles. The van der Waals surface area contributed by atoms with Gasteiger partial charge in [0, 0.05) is 23.5 Å². The molecule has 2 heterocycles. The number of nitrogens with zero attached hydrogens (tertiary/aromatic N) is 2. The van der Waals surface area contributed by atoms with Gasteiger partial charge < -0.3 is 4.90 Å². The molecule has 2 aliphatic rings. The summed E-state index contributed by atoms with van der Waals surface area (Å²) in [5.41, 5.74) is 1.08. The molecule has 1 atom stereocenters. The first-order valence-corrected chi connectivity index (χ1v) is 7.36. The average Bonchev–Trinajstić information content (AvgIpc) is 2.81. The fourth-order valence-corrected chi connectivity index (χ4v) is 3.65. The molecule has 1 aromatic heterocycles. The van der Waals surface area contributed by atoms with E-state index in [9.17, 15) is 4.79 Å². The molecule has 0 spiro atoms. The van der Waals surface area contributed by atoms with Crippen LogP contribution in [0.15, 0.2) is 5.38 Å². The fourth-order valence-electron chi connectivity index (χ4n) is 2.70. The zero-order valence-corrected chi connectivity index (χ0v) is 11.0. The third-order valence-corrected chi connectivity index (χ3v) is 4.98. The first kappa shape index (κ1) is 11.2. The van der Waals surface area contributed by atoms with Gasteiger partial charge in [-0.1, -0.05) is 6.42 Å². The Bertz CT molecular complexity index is 425. The first-order chi connectivity index (χ1) is 8.25. The summed E-state index contributed by atoms with van der Waals surface area (Å²) in [4.78, 5) is 19.0. The van der Waals surface area contributed by atoms with Gasteiger partial charge in [-0.15, -0.1) is 11.3 Å². The molecule has 3 nitrogen and oxygen atoms in total. The van der Waals surface area contributed by atoms with Crippen molar-refractivity contribution in [2.24, 2.45) is 5.92 Å². The van der Waals surface area contributed by atoms with Gasteiger partial charge in [-0.2, -0.15) is 0 Å². The maximum Gasteiger partial charge on any atom is 0.226 e. The van der Waals surface area contributed by atoms with Crippen molar-refractivity contribution in [3.05, 3.63) is 16.1 Å². The maximum atomic E-state index is 12.3. The minimum atomic E-state index is 0.266. The van der Waals surface area contributed by atoms with E-state index in [2.05, 4.69) is 15.3 Å². The number of likely N-dealkylation sites (tertiary alicyclic amines) is 1. The SMILES string of the molecule is Cc1csc([C@H]2CCCN2C(=O)C2CCC2)n1. The molecule has 2 fully saturated rings. The molecular weight excluding hydrogens is 232 g/mol. The van der Waals surface area contributed by atoms with Gasteiger partial charge in [0.05, 0.1) is 6.04 Å². The molecule has 1 aromatic rings. The third-order valence-electron chi connectivity index (χ3n) is 3.91. The van der Waals surface area contributed by atoms with Crippen LogP contribution in [0.25, 0.3) is 0 Å². The molecule has 0 N–H and O–H groups in total. The van der Waals surface area contributed by atoms with Crippen LogP contribution in [-0.2, 0) is 4.79 Å². The van der Waals surface area contributed by atoms with Gasteiger partial charge in [0.2, 0.25) is 5.91 Å². The zero-order chi connectivity index (χ0) is 11.8. The number of amides is 1. The maximum absolute atomic E-state index is 12.3. The minimum absolute atomic E-state index is 0.266. The van der Waals surface area contributed by atoms with Crippen molar-refractivity contribution in [3.8, 4) is 0 Å². The van der Waals surface area contributed by atoms with Crippen molar-refractivity contribution in [2.75, 3.05) is 6.54 Å². The van der Waals surface area contributed by atoms with Crippen molar-refractivity contribution >= 4 is 17.2 Å². The molecule has 4 heteroatoms. The molecule has 17 heavy (non-hydrogen) atoms. The summed E-state index contributed by atoms with van der Waals surface area (Å²) in [5, 5.41) is 3.22. The monoisotopic (exact) mass is 250 g/mol. The molecule has 0 bridgehead atoms. The van der Waals surface area contributed by atoms with Gasteiger partial charge in [-0.3, -0.25) is 4.79 Å². The summed E-state index contributed by atoms with van der Waals surface area (Å²) >= 11 is 1.70. The smallest absolute Gasteiger partial charge is 0.226 e. The zero-order valence-electron chi connectivity index (χ0n) is 10.2. The molecule has 92 valence electrons. The highest BCUT2D eigenvalue weighted by Gasteiger charge is 2.37. The number of thiazole rings is 1. The Morgan fingerprint density at radius 2 is 2.24 bits per heavy atom. The van der Waals surface area contributed by atoms with E-state index in [0.29, 0.717) is 11.8 Å². The quantitative estimate of drug-likeness (QED) is 0.808. The van der Waals surface area contributed by atoms with E-state index in [0.717, 1.165) is 42.9 Å². The number of hydrogen-bond donors (Lipinski definition) is 0. The van der Waals surface area contributed by atoms with E-state index in [1.54, 1.807) is 11.3 Å². The van der Waals surface area contributed by atoms with Crippen LogP contribution in [0, 0.1) is 12.8 Å². The molecule has 1 saturated carbocycles. The van der Waals surface area contributed by atoms with Crippen LogP contribution in [0.1, 0.15) is 48.8 Å². The molecule has 0 aromatic carbocycles. The Balaban J connectivity index is 1.77. The van der Waals surface area contributed by atoms with Gasteiger partial charge >= 0.3 is 0 Å². The lowest BCUT2D eigenvalue weighted by Gasteiger charge is -2.32. The highest BCUT2D eigenvalue weighted by atomic mass is 32.1. The number of rotatable bonds is 2. The van der Waals surface area contributed by atoms with Gasteiger partial charge in [-0.25, -0.2) is 4.98 Å². The Hall–Kier alpha value is -0.900. The molecule has 1 amide bonds. The summed E-state index contributed by atoms with van der Waals surface area (Å²) in [6.45, 7) is 2.95. The highest BCUT2D eigenvalue weighted by Crippen LogP contribution is 2.37. The van der Waals surface area contributed by atoms with Crippen LogP contribution in [0.4, 0.5) is 0 Å². The number of carbonyl (C=O) groups excluding carboxylic acids is 1. The standard InChI is InChI=1S/C13H18N2OS/c1-9-8-17-12(14-9)11-6-3-7-15(11)13(16)10-4-2-5-10/h8,10-11H,2-7H2,1H3/t11-/m1/s1. The van der Waals surface area contributed by atoms with E-state index in [1.807, 2.05) is 6.92 Å². The predicted octanol–water partition coefficient (Wildman–Crippen LogP) is 2.92. The molecule has 3 rings (SSSR count). The van der Waals surface area contributed by atoms with E-state index >= 15 is 0 Å². The van der Waals surface area contributed by atoms with Crippen molar-refractivity contribution in [1.29, 1.82) is 0 Å². The van der Waals surface area contributed by atoms with E-state index in [1.165, 1.54) is 6.42 Å². The fraction of sp³-hybridized carbons (Fsp3) is 0.692. The minimum Gasteiger partial charge on any atom is -0.333 e. The molecule has 1 aliphatic heterocycles. The largest absolute Gasteiger partial charge is 0.333 e. The second-order valence-electron chi connectivity index (χ2n) is 5.14. The third kappa shape index (κ3) is 1.99. The van der Waals surface area contributed by atoms with Gasteiger partial charge in [0.1, 0.15) is 5.01 Å². The van der Waals surface area contributed by atoms with Crippen molar-refractivity contribution in [2.45, 2.75) is 45.1 Å². The molecular formula is C13H18N2OS. The van der Waals surface area contributed by atoms with Crippen LogP contribution < -0.4 is 0 Å². The van der Waals surface area contributed by atoms with Crippen LogP contribution in [0.3, 0.4) is 0 Å². The summed E-state index contributed by atoms with van der Waals surface area (Å²) in [7, 11) is 0. The van der Waals surface area contributed by atoms with Crippen molar-refractivity contribution in [1.82, 2.24) is 9.88 Å². The molecule has 0 unspecified atom stereocenters. The van der Waals surface area contributed by atoms with Crippen LogP contribution >= 0.6 is 11.3 Å². The Labute approximate surface area is 106 Å². The predicted molar refractivity (Wildman–Crippen MR) is 67.9 cm³/mol. The highest BCUT2D eigenvalue weighted by molar-refractivity contribution is 7.09. The van der Waals surface area contributed by atoms with Crippen molar-refractivity contribution < 1.29 is 4.79 Å². The lowest BCUT2D eigenvalue weighted by molar-refractivity contribution is -0.139. The summed E-state index contributed by atoms with van der Waals surface area (Å²) in [6.07, 6.45) is 5.64. The number of aromatic nitrogens is 1. The van der Waals surface area contributed by atoms with Crippen LogP contribution in [-0.4, -0.2) is 22.3 Å². The molecule has 1 saturated heterocycles. The molecule has 0 radical (unpaired) electrons. The van der Waals surface area contributed by atoms with E-state index < -0.39 is 0 Å². The second kappa shape index (κ2) is 4.41. The average molecular weight is 250 g/mol. The summed E-state index contributed by atoms with van der Waals surface area (Å²) in [6, 6.07) is 0.266. The van der Waals surface area contributed by atoms with Gasteiger partial charge in [-0.05, 0) is 32.6 Å². The van der Waals surface area contributed by atoms with Crippen LogP contribution in [0.2, 0.25) is 0 Å². The summed E-state index contributed by atoms with van der Waals surface area (Å²) < 4.78 is 0. The van der Waals surface area contributed by atoms with E-state index in [4.69, 9.17) is 0 Å². The lowest BCUT2D eigenvalue weighted by atomic mass is 9.84. The van der Waals surface area contributed by atoms with E-state index in [-0.39, 0.29) is 6.04 Å². The van der Waals surface area contributed by atoms with Gasteiger partial charge in [0.25, 0.3) is 0 Å². The van der Waals surface area contributed by atoms with Crippen molar-refractivity contribution in [3.63, 3.8) is 0 Å². The second-order valence-corrected chi connectivity index (χ2v) is 6.03. The Morgan fingerprint density at radius 3 is 2.82 bits per heavy atom. The normalized spacial score (nSPS) is 25.0. The number of hydrogen-bond acceptors (Lipinski definition) is 3. The topological polar surface area (TPSA) is 33.2 Å². The Morgan fingerprint density at radius 1 is 1.41 bits per heavy atom. The number of aryl methyl sites for hydroxylation is 1. The summed E-state index contributed by atoms with van der Waals surface area (Å²) in [5.74, 6) is 0.697. The van der Waals surface area contributed by atoms with Gasteiger partial charge in [0.15, 0.2) is 0 Å². The lowest BCUT2D eigenvalue weighted by Crippen LogP contribution is -2.38. The van der Waals surface area contributed by atoms with Crippen LogP contribution in [0.5, 0.6) is 0 Å².